The summed E-state index contributed by atoms with van der Waals surface area (Å²) in [7, 11) is 0. The lowest BCUT2D eigenvalue weighted by Crippen LogP contribution is -1.99. The smallest absolute Gasteiger partial charge is 0.335 e. The lowest BCUT2D eigenvalue weighted by Gasteiger charge is -2.07. The molecule has 2 N–H and O–H groups in total. The minimum Gasteiger partial charge on any atom is -0.478 e. The Balaban J connectivity index is 1.36. The maximum absolute atomic E-state index is 11.0. The summed E-state index contributed by atoms with van der Waals surface area (Å²) >= 11 is 6.58. The van der Waals surface area contributed by atoms with Crippen LogP contribution in [0, 0.1) is 0 Å². The SMILES string of the molecule is O=C(O)c1ccc(COc2nc3cc(-c4ccc(-c5ccccc5)cc4)c(Cl)cc3[nH]2)cc1. The number of benzene rings is 4. The predicted octanol–water partition coefficient (Wildman–Crippen LogP) is 6.83. The van der Waals surface area contributed by atoms with Gasteiger partial charge in [-0.2, -0.15) is 4.98 Å². The molecule has 0 amide bonds. The molecule has 0 unspecified atom stereocenters. The topological polar surface area (TPSA) is 75.2 Å². The fraction of sp³-hybridized carbons (Fsp3) is 0.0370. The summed E-state index contributed by atoms with van der Waals surface area (Å²) < 4.78 is 5.77. The number of nitrogens with one attached hydrogen (secondary N) is 1. The van der Waals surface area contributed by atoms with Gasteiger partial charge in [0.2, 0.25) is 0 Å². The van der Waals surface area contributed by atoms with E-state index in [0.717, 1.165) is 38.9 Å². The van der Waals surface area contributed by atoms with E-state index in [1.807, 2.05) is 30.3 Å². The summed E-state index contributed by atoms with van der Waals surface area (Å²) in [6.07, 6.45) is 0. The van der Waals surface area contributed by atoms with Crippen molar-refractivity contribution in [1.29, 1.82) is 0 Å². The number of aromatic carboxylic acids is 1. The number of carbonyl (C=O) groups is 1. The molecule has 0 aliphatic carbocycles. The Bertz CT molecular complexity index is 1430. The number of carboxylic acids is 1. The molecule has 5 rings (SSSR count). The zero-order valence-corrected chi connectivity index (χ0v) is 18.2. The number of rotatable bonds is 6. The van der Waals surface area contributed by atoms with Crippen LogP contribution in [0.15, 0.2) is 91.0 Å². The van der Waals surface area contributed by atoms with Crippen molar-refractivity contribution in [3.8, 4) is 28.3 Å². The first-order valence-corrected chi connectivity index (χ1v) is 10.7. The number of hydrogen-bond donors (Lipinski definition) is 2. The lowest BCUT2D eigenvalue weighted by atomic mass is 10.00. The zero-order valence-electron chi connectivity index (χ0n) is 17.5. The van der Waals surface area contributed by atoms with Gasteiger partial charge in [0.25, 0.3) is 6.01 Å². The van der Waals surface area contributed by atoms with Crippen LogP contribution in [0.3, 0.4) is 0 Å². The second-order valence-electron chi connectivity index (χ2n) is 7.63. The molecule has 4 aromatic carbocycles. The van der Waals surface area contributed by atoms with Crippen molar-refractivity contribution < 1.29 is 14.6 Å². The summed E-state index contributed by atoms with van der Waals surface area (Å²) in [5, 5.41) is 9.62. The fourth-order valence-electron chi connectivity index (χ4n) is 3.66. The molecular weight excluding hydrogens is 436 g/mol. The van der Waals surface area contributed by atoms with Crippen LogP contribution >= 0.6 is 11.6 Å². The van der Waals surface area contributed by atoms with Crippen LogP contribution in [0.2, 0.25) is 5.02 Å². The van der Waals surface area contributed by atoms with Crippen molar-refractivity contribution in [3.63, 3.8) is 0 Å². The number of halogens is 1. The molecule has 5 aromatic rings. The quantitative estimate of drug-likeness (QED) is 0.295. The van der Waals surface area contributed by atoms with Gasteiger partial charge in [-0.15, -0.1) is 0 Å². The third-order valence-corrected chi connectivity index (χ3v) is 5.74. The molecule has 0 atom stereocenters. The Morgan fingerprint density at radius 3 is 2.24 bits per heavy atom. The molecule has 1 heterocycles. The molecule has 0 saturated carbocycles. The van der Waals surface area contributed by atoms with Crippen molar-refractivity contribution in [1.82, 2.24) is 9.97 Å². The number of ether oxygens (including phenoxy) is 1. The fourth-order valence-corrected chi connectivity index (χ4v) is 3.94. The maximum Gasteiger partial charge on any atom is 0.335 e. The van der Waals surface area contributed by atoms with Gasteiger partial charge in [-0.1, -0.05) is 78.3 Å². The number of aromatic amines is 1. The van der Waals surface area contributed by atoms with Crippen LogP contribution in [0.1, 0.15) is 15.9 Å². The molecule has 0 saturated heterocycles. The van der Waals surface area contributed by atoms with Gasteiger partial charge < -0.3 is 14.8 Å². The summed E-state index contributed by atoms with van der Waals surface area (Å²) in [6.45, 7) is 0.265. The van der Waals surface area contributed by atoms with E-state index >= 15 is 0 Å². The van der Waals surface area contributed by atoms with Gasteiger partial charge >= 0.3 is 5.97 Å². The van der Waals surface area contributed by atoms with Crippen LogP contribution in [-0.2, 0) is 6.61 Å². The van der Waals surface area contributed by atoms with Gasteiger partial charge in [0.1, 0.15) is 6.61 Å². The van der Waals surface area contributed by atoms with Crippen molar-refractivity contribution in [2.75, 3.05) is 0 Å². The third kappa shape index (κ3) is 4.45. The first-order chi connectivity index (χ1) is 16.1. The van der Waals surface area contributed by atoms with Crippen molar-refractivity contribution in [2.45, 2.75) is 6.61 Å². The number of aromatic nitrogens is 2. The molecule has 0 aliphatic rings. The minimum absolute atomic E-state index is 0.237. The highest BCUT2D eigenvalue weighted by Gasteiger charge is 2.11. The van der Waals surface area contributed by atoms with E-state index in [1.54, 1.807) is 24.3 Å². The summed E-state index contributed by atoms with van der Waals surface area (Å²) in [4.78, 5) is 18.6. The highest BCUT2D eigenvalue weighted by atomic mass is 35.5. The monoisotopic (exact) mass is 454 g/mol. The highest BCUT2D eigenvalue weighted by Crippen LogP contribution is 2.33. The second-order valence-corrected chi connectivity index (χ2v) is 8.03. The standard InChI is InChI=1S/C27H19ClN2O3/c28-23-15-25-24(29-27(30-25)33-16-17-6-8-21(9-7-17)26(31)32)14-22(23)20-12-10-19(11-13-20)18-4-2-1-3-5-18/h1-15H,16H2,(H,29,30)(H,31,32). The molecule has 0 fully saturated rings. The molecule has 0 radical (unpaired) electrons. The molecule has 0 aliphatic heterocycles. The Hall–Kier alpha value is -4.09. The van der Waals surface area contributed by atoms with E-state index in [0.29, 0.717) is 11.0 Å². The number of H-pyrrole nitrogens is 1. The van der Waals surface area contributed by atoms with Gasteiger partial charge in [-0.05, 0) is 46.5 Å². The molecule has 0 spiro atoms. The highest BCUT2D eigenvalue weighted by molar-refractivity contribution is 6.34. The molecule has 5 nitrogen and oxygen atoms in total. The molecule has 1 aromatic heterocycles. The van der Waals surface area contributed by atoms with Gasteiger partial charge in [0.05, 0.1) is 21.6 Å². The first kappa shape index (κ1) is 20.8. The number of hydrogen-bond acceptors (Lipinski definition) is 3. The normalized spacial score (nSPS) is 10.9. The predicted molar refractivity (Wildman–Crippen MR) is 130 cm³/mol. The van der Waals surface area contributed by atoms with E-state index < -0.39 is 5.97 Å². The minimum atomic E-state index is -0.956. The summed E-state index contributed by atoms with van der Waals surface area (Å²) in [6, 6.07) is 29.2. The van der Waals surface area contributed by atoms with Gasteiger partial charge in [0.15, 0.2) is 0 Å². The van der Waals surface area contributed by atoms with E-state index in [2.05, 4.69) is 46.4 Å². The molecular formula is C27H19ClN2O3. The van der Waals surface area contributed by atoms with E-state index in [4.69, 9.17) is 21.4 Å². The number of nitrogens with zero attached hydrogens (tertiary/aromatic N) is 1. The van der Waals surface area contributed by atoms with Crippen molar-refractivity contribution in [3.05, 3.63) is 107 Å². The average Bonchev–Trinajstić information content (AvgIpc) is 3.25. The summed E-state index contributed by atoms with van der Waals surface area (Å²) in [5.74, 6) is -0.956. The van der Waals surface area contributed by atoms with E-state index in [9.17, 15) is 4.79 Å². The van der Waals surface area contributed by atoms with Crippen molar-refractivity contribution >= 4 is 28.6 Å². The number of carboxylic acid groups (broad SMARTS) is 1. The van der Waals surface area contributed by atoms with Crippen LogP contribution in [0.5, 0.6) is 6.01 Å². The lowest BCUT2D eigenvalue weighted by molar-refractivity contribution is 0.0697. The second kappa shape index (κ2) is 8.81. The van der Waals surface area contributed by atoms with Gasteiger partial charge in [-0.3, -0.25) is 0 Å². The van der Waals surface area contributed by atoms with Crippen LogP contribution < -0.4 is 4.74 Å². The largest absolute Gasteiger partial charge is 0.478 e. The Morgan fingerprint density at radius 1 is 0.879 bits per heavy atom. The Kier molecular flexibility index (Phi) is 5.55. The van der Waals surface area contributed by atoms with Crippen molar-refractivity contribution in [2.24, 2.45) is 0 Å². The first-order valence-electron chi connectivity index (χ1n) is 10.4. The maximum atomic E-state index is 11.0. The molecule has 162 valence electrons. The van der Waals surface area contributed by atoms with Gasteiger partial charge in [-0.25, -0.2) is 4.79 Å². The van der Waals surface area contributed by atoms with Crippen LogP contribution in [-0.4, -0.2) is 21.0 Å². The number of fused-ring (bicyclic) bond motifs is 1. The summed E-state index contributed by atoms with van der Waals surface area (Å²) in [5.41, 5.74) is 6.81. The molecule has 33 heavy (non-hydrogen) atoms. The Labute approximate surface area is 195 Å². The van der Waals surface area contributed by atoms with Gasteiger partial charge in [0, 0.05) is 5.56 Å². The zero-order chi connectivity index (χ0) is 22.8. The number of imidazole rings is 1. The molecule has 6 heteroatoms. The van der Waals surface area contributed by atoms with Crippen LogP contribution in [0.25, 0.3) is 33.3 Å². The van der Waals surface area contributed by atoms with E-state index in [-0.39, 0.29) is 12.2 Å². The molecule has 0 bridgehead atoms. The van der Waals surface area contributed by atoms with E-state index in [1.165, 1.54) is 0 Å². The third-order valence-electron chi connectivity index (χ3n) is 5.43. The average molecular weight is 455 g/mol. The van der Waals surface area contributed by atoms with Crippen LogP contribution in [0.4, 0.5) is 0 Å². The Morgan fingerprint density at radius 2 is 1.55 bits per heavy atom.